The molecule has 0 atom stereocenters. The minimum absolute atomic E-state index is 1.00. The third-order valence-corrected chi connectivity index (χ3v) is 2.61. The van der Waals surface area contributed by atoms with Gasteiger partial charge in [-0.15, -0.1) is 0 Å². The predicted molar refractivity (Wildman–Crippen MR) is 49.7 cm³/mol. The molecule has 0 aromatic carbocycles. The van der Waals surface area contributed by atoms with Crippen molar-refractivity contribution in [3.63, 3.8) is 0 Å². The quantitative estimate of drug-likeness (QED) is 0.601. The van der Waals surface area contributed by atoms with Gasteiger partial charge in [-0.3, -0.25) is 0 Å². The Balaban J connectivity index is 1.81. The lowest BCUT2D eigenvalue weighted by molar-refractivity contribution is 0.206. The fourth-order valence-corrected chi connectivity index (χ4v) is 1.84. The van der Waals surface area contributed by atoms with E-state index in [1.807, 2.05) is 0 Å². The van der Waals surface area contributed by atoms with E-state index >= 15 is 0 Å². The van der Waals surface area contributed by atoms with E-state index in [1.165, 1.54) is 38.8 Å². The van der Waals surface area contributed by atoms with Crippen molar-refractivity contribution in [3.8, 4) is 0 Å². The average molecular weight is 155 g/mol. The monoisotopic (exact) mass is 155 g/mol. The second kappa shape index (κ2) is 4.76. The SMILES string of the molecule is CCCCNCC1CC(C)C1. The third kappa shape index (κ3) is 3.24. The van der Waals surface area contributed by atoms with Crippen LogP contribution in [0.2, 0.25) is 0 Å². The molecule has 0 heterocycles. The van der Waals surface area contributed by atoms with Crippen LogP contribution in [-0.4, -0.2) is 13.1 Å². The van der Waals surface area contributed by atoms with Crippen LogP contribution in [0, 0.1) is 11.8 Å². The first-order valence-corrected chi connectivity index (χ1v) is 5.03. The van der Waals surface area contributed by atoms with E-state index in [0.29, 0.717) is 0 Å². The summed E-state index contributed by atoms with van der Waals surface area (Å²) >= 11 is 0. The van der Waals surface area contributed by atoms with Gasteiger partial charge in [0.1, 0.15) is 0 Å². The smallest absolute Gasteiger partial charge is 0.00203 e. The highest BCUT2D eigenvalue weighted by Gasteiger charge is 2.24. The van der Waals surface area contributed by atoms with E-state index < -0.39 is 0 Å². The fourth-order valence-electron chi connectivity index (χ4n) is 1.84. The highest BCUT2D eigenvalue weighted by molar-refractivity contribution is 4.77. The zero-order chi connectivity index (χ0) is 8.10. The van der Waals surface area contributed by atoms with Gasteiger partial charge in [0.15, 0.2) is 0 Å². The lowest BCUT2D eigenvalue weighted by Crippen LogP contribution is -2.32. The molecule has 0 spiro atoms. The van der Waals surface area contributed by atoms with Gasteiger partial charge in [-0.05, 0) is 44.2 Å². The Labute approximate surface area is 70.6 Å². The summed E-state index contributed by atoms with van der Waals surface area (Å²) < 4.78 is 0. The number of rotatable bonds is 5. The van der Waals surface area contributed by atoms with E-state index in [1.54, 1.807) is 0 Å². The van der Waals surface area contributed by atoms with Gasteiger partial charge in [0.05, 0.1) is 0 Å². The molecule has 1 rings (SSSR count). The van der Waals surface area contributed by atoms with Crippen molar-refractivity contribution in [3.05, 3.63) is 0 Å². The van der Waals surface area contributed by atoms with Crippen molar-refractivity contribution in [2.24, 2.45) is 11.8 Å². The third-order valence-electron chi connectivity index (χ3n) is 2.61. The maximum Gasteiger partial charge on any atom is -0.00203 e. The van der Waals surface area contributed by atoms with Gasteiger partial charge < -0.3 is 5.32 Å². The first kappa shape index (κ1) is 9.05. The average Bonchev–Trinajstić information content (AvgIpc) is 1.94. The minimum atomic E-state index is 1.00. The lowest BCUT2D eigenvalue weighted by Gasteiger charge is -2.32. The molecule has 0 aromatic rings. The van der Waals surface area contributed by atoms with Crippen LogP contribution < -0.4 is 5.32 Å². The van der Waals surface area contributed by atoms with Crippen LogP contribution in [0.25, 0.3) is 0 Å². The van der Waals surface area contributed by atoms with Gasteiger partial charge in [0, 0.05) is 0 Å². The van der Waals surface area contributed by atoms with Crippen molar-refractivity contribution in [2.45, 2.75) is 39.5 Å². The molecular formula is C10H21N. The van der Waals surface area contributed by atoms with E-state index in [2.05, 4.69) is 19.2 Å². The van der Waals surface area contributed by atoms with E-state index in [0.717, 1.165) is 11.8 Å². The number of hydrogen-bond donors (Lipinski definition) is 1. The fraction of sp³-hybridized carbons (Fsp3) is 1.00. The number of hydrogen-bond acceptors (Lipinski definition) is 1. The van der Waals surface area contributed by atoms with Gasteiger partial charge in [-0.2, -0.15) is 0 Å². The maximum atomic E-state index is 3.51. The Hall–Kier alpha value is -0.0400. The molecule has 1 heteroatoms. The highest BCUT2D eigenvalue weighted by Crippen LogP contribution is 2.32. The molecule has 1 saturated carbocycles. The molecule has 0 radical (unpaired) electrons. The first-order chi connectivity index (χ1) is 5.33. The van der Waals surface area contributed by atoms with Gasteiger partial charge in [-0.25, -0.2) is 0 Å². The summed E-state index contributed by atoms with van der Waals surface area (Å²) in [4.78, 5) is 0. The van der Waals surface area contributed by atoms with Crippen molar-refractivity contribution in [2.75, 3.05) is 13.1 Å². The van der Waals surface area contributed by atoms with E-state index in [-0.39, 0.29) is 0 Å². The molecule has 0 unspecified atom stereocenters. The van der Waals surface area contributed by atoms with Gasteiger partial charge in [0.25, 0.3) is 0 Å². The van der Waals surface area contributed by atoms with Gasteiger partial charge in [0.2, 0.25) is 0 Å². The molecule has 0 saturated heterocycles. The zero-order valence-corrected chi connectivity index (χ0v) is 7.90. The van der Waals surface area contributed by atoms with Gasteiger partial charge >= 0.3 is 0 Å². The Morgan fingerprint density at radius 3 is 2.64 bits per heavy atom. The molecule has 0 aliphatic heterocycles. The lowest BCUT2D eigenvalue weighted by atomic mass is 9.76. The molecular weight excluding hydrogens is 134 g/mol. The summed E-state index contributed by atoms with van der Waals surface area (Å²) in [5.41, 5.74) is 0. The first-order valence-electron chi connectivity index (χ1n) is 5.03. The molecule has 1 N–H and O–H groups in total. The second-order valence-corrected chi connectivity index (χ2v) is 4.00. The van der Waals surface area contributed by atoms with Crippen molar-refractivity contribution in [1.82, 2.24) is 5.32 Å². The summed E-state index contributed by atoms with van der Waals surface area (Å²) in [5.74, 6) is 2.01. The molecule has 1 nitrogen and oxygen atoms in total. The predicted octanol–water partition coefficient (Wildman–Crippen LogP) is 2.42. The summed E-state index contributed by atoms with van der Waals surface area (Å²) in [6, 6.07) is 0. The second-order valence-electron chi connectivity index (χ2n) is 4.00. The Bertz CT molecular complexity index is 95.0. The van der Waals surface area contributed by atoms with Crippen LogP contribution in [0.15, 0.2) is 0 Å². The molecule has 1 aliphatic carbocycles. The van der Waals surface area contributed by atoms with Crippen LogP contribution in [0.3, 0.4) is 0 Å². The van der Waals surface area contributed by atoms with Crippen LogP contribution in [0.1, 0.15) is 39.5 Å². The van der Waals surface area contributed by atoms with Crippen LogP contribution in [-0.2, 0) is 0 Å². The van der Waals surface area contributed by atoms with Crippen LogP contribution in [0.4, 0.5) is 0 Å². The van der Waals surface area contributed by atoms with Gasteiger partial charge in [-0.1, -0.05) is 20.3 Å². The molecule has 0 bridgehead atoms. The van der Waals surface area contributed by atoms with Crippen LogP contribution >= 0.6 is 0 Å². The molecule has 11 heavy (non-hydrogen) atoms. The maximum absolute atomic E-state index is 3.51. The van der Waals surface area contributed by atoms with E-state index in [9.17, 15) is 0 Å². The summed E-state index contributed by atoms with van der Waals surface area (Å²) in [6.45, 7) is 7.08. The summed E-state index contributed by atoms with van der Waals surface area (Å²) in [7, 11) is 0. The molecule has 1 fully saturated rings. The summed E-state index contributed by atoms with van der Waals surface area (Å²) in [5, 5.41) is 3.51. The zero-order valence-electron chi connectivity index (χ0n) is 7.90. The molecule has 1 aliphatic rings. The molecule has 0 aromatic heterocycles. The molecule has 66 valence electrons. The topological polar surface area (TPSA) is 12.0 Å². The Morgan fingerprint density at radius 2 is 2.09 bits per heavy atom. The van der Waals surface area contributed by atoms with Crippen LogP contribution in [0.5, 0.6) is 0 Å². The normalized spacial score (nSPS) is 30.0. The Morgan fingerprint density at radius 1 is 1.36 bits per heavy atom. The Kier molecular flexibility index (Phi) is 3.92. The van der Waals surface area contributed by atoms with Crippen molar-refractivity contribution < 1.29 is 0 Å². The standard InChI is InChI=1S/C10H21N/c1-3-4-5-11-8-10-6-9(2)7-10/h9-11H,3-8H2,1-2H3. The summed E-state index contributed by atoms with van der Waals surface area (Å²) in [6.07, 6.45) is 5.56. The minimum Gasteiger partial charge on any atom is -0.316 e. The van der Waals surface area contributed by atoms with E-state index in [4.69, 9.17) is 0 Å². The molecule has 0 amide bonds. The number of unbranched alkanes of at least 4 members (excludes halogenated alkanes) is 1. The largest absolute Gasteiger partial charge is 0.316 e. The van der Waals surface area contributed by atoms with Crippen molar-refractivity contribution >= 4 is 0 Å². The number of nitrogens with one attached hydrogen (secondary N) is 1. The van der Waals surface area contributed by atoms with Crippen molar-refractivity contribution in [1.29, 1.82) is 0 Å². The highest BCUT2D eigenvalue weighted by atomic mass is 14.9.